The monoisotopic (exact) mass is 386 g/mol. The van der Waals surface area contributed by atoms with E-state index in [1.165, 1.54) is 11.3 Å². The predicted octanol–water partition coefficient (Wildman–Crippen LogP) is 4.57. The summed E-state index contributed by atoms with van der Waals surface area (Å²) in [6.45, 7) is 1.45. The normalized spacial score (nSPS) is 10.4. The van der Waals surface area contributed by atoms with Crippen molar-refractivity contribution in [2.24, 2.45) is 0 Å². The summed E-state index contributed by atoms with van der Waals surface area (Å²) in [6, 6.07) is 14.7. The van der Waals surface area contributed by atoms with Gasteiger partial charge in [-0.1, -0.05) is 48.0 Å². The summed E-state index contributed by atoms with van der Waals surface area (Å²) in [4.78, 5) is 28.3. The van der Waals surface area contributed by atoms with Gasteiger partial charge in [0.25, 0.3) is 5.91 Å². The second-order valence-corrected chi connectivity index (χ2v) is 6.78. The third-order valence-corrected chi connectivity index (χ3v) is 4.67. The number of aryl methyl sites for hydroxylation is 1. The molecular weight excluding hydrogens is 372 g/mol. The van der Waals surface area contributed by atoms with Crippen LogP contribution in [0.2, 0.25) is 5.02 Å². The summed E-state index contributed by atoms with van der Waals surface area (Å²) in [6.07, 6.45) is 0. The summed E-state index contributed by atoms with van der Waals surface area (Å²) in [5, 5.41) is 5.52. The largest absolute Gasteiger partial charge is 0.451 e. The van der Waals surface area contributed by atoms with Crippen molar-refractivity contribution in [3.8, 4) is 10.6 Å². The summed E-state index contributed by atoms with van der Waals surface area (Å²) in [5.74, 6) is -1.08. The minimum Gasteiger partial charge on any atom is -0.451 e. The third-order valence-electron chi connectivity index (χ3n) is 3.54. The Labute approximate surface area is 159 Å². The molecule has 0 bridgehead atoms. The molecule has 0 aliphatic carbocycles. The van der Waals surface area contributed by atoms with Gasteiger partial charge in [0.05, 0.1) is 0 Å². The molecular formula is C19H15ClN2O3S. The van der Waals surface area contributed by atoms with E-state index in [4.69, 9.17) is 16.3 Å². The van der Waals surface area contributed by atoms with Crippen LogP contribution < -0.4 is 5.32 Å². The molecule has 7 heteroatoms. The summed E-state index contributed by atoms with van der Waals surface area (Å²) >= 11 is 7.26. The lowest BCUT2D eigenvalue weighted by Gasteiger charge is -2.09. The van der Waals surface area contributed by atoms with Gasteiger partial charge in [-0.2, -0.15) is 0 Å². The molecule has 1 heterocycles. The maximum atomic E-state index is 12.1. The summed E-state index contributed by atoms with van der Waals surface area (Å²) < 4.78 is 5.04. The number of benzene rings is 2. The standard InChI is InChI=1S/C19H15ClN2O3S/c1-12-7-8-14(20)9-15(12)21-17(23)10-25-19(24)16-11-26-18(22-16)13-5-3-2-4-6-13/h2-9,11H,10H2,1H3,(H,21,23). The minimum absolute atomic E-state index is 0.181. The van der Waals surface area contributed by atoms with Gasteiger partial charge in [0.15, 0.2) is 12.3 Å². The summed E-state index contributed by atoms with van der Waals surface area (Å²) in [7, 11) is 0. The van der Waals surface area contributed by atoms with Crippen LogP contribution in [-0.4, -0.2) is 23.5 Å². The van der Waals surface area contributed by atoms with E-state index in [9.17, 15) is 9.59 Å². The lowest BCUT2D eigenvalue weighted by Crippen LogP contribution is -2.21. The maximum Gasteiger partial charge on any atom is 0.358 e. The molecule has 0 atom stereocenters. The van der Waals surface area contributed by atoms with Gasteiger partial charge in [-0.15, -0.1) is 11.3 Å². The topological polar surface area (TPSA) is 68.3 Å². The van der Waals surface area contributed by atoms with E-state index < -0.39 is 18.5 Å². The highest BCUT2D eigenvalue weighted by atomic mass is 35.5. The van der Waals surface area contributed by atoms with Gasteiger partial charge in [-0.05, 0) is 24.6 Å². The Morgan fingerprint density at radius 1 is 1.19 bits per heavy atom. The van der Waals surface area contributed by atoms with Crippen LogP contribution >= 0.6 is 22.9 Å². The van der Waals surface area contributed by atoms with Gasteiger partial charge in [-0.3, -0.25) is 4.79 Å². The fourth-order valence-corrected chi connectivity index (χ4v) is 3.17. The number of carbonyl (C=O) groups is 2. The highest BCUT2D eigenvalue weighted by Crippen LogP contribution is 2.23. The van der Waals surface area contributed by atoms with Gasteiger partial charge < -0.3 is 10.1 Å². The van der Waals surface area contributed by atoms with E-state index in [-0.39, 0.29) is 5.69 Å². The quantitative estimate of drug-likeness (QED) is 0.652. The van der Waals surface area contributed by atoms with Crippen molar-refractivity contribution < 1.29 is 14.3 Å². The molecule has 1 aromatic heterocycles. The predicted molar refractivity (Wildman–Crippen MR) is 103 cm³/mol. The number of nitrogens with one attached hydrogen (secondary N) is 1. The SMILES string of the molecule is Cc1ccc(Cl)cc1NC(=O)COC(=O)c1csc(-c2ccccc2)n1. The number of amides is 1. The molecule has 2 aromatic carbocycles. The van der Waals surface area contributed by atoms with Gasteiger partial charge in [0.2, 0.25) is 0 Å². The third kappa shape index (κ3) is 4.47. The number of carbonyl (C=O) groups excluding carboxylic acids is 2. The van der Waals surface area contributed by atoms with Crippen molar-refractivity contribution in [3.05, 3.63) is 70.2 Å². The smallest absolute Gasteiger partial charge is 0.358 e. The lowest BCUT2D eigenvalue weighted by molar-refractivity contribution is -0.119. The van der Waals surface area contributed by atoms with Crippen molar-refractivity contribution in [3.63, 3.8) is 0 Å². The Hall–Kier alpha value is -2.70. The van der Waals surface area contributed by atoms with Crippen LogP contribution in [-0.2, 0) is 9.53 Å². The van der Waals surface area contributed by atoms with E-state index in [1.54, 1.807) is 23.6 Å². The van der Waals surface area contributed by atoms with Gasteiger partial charge >= 0.3 is 5.97 Å². The molecule has 1 N–H and O–H groups in total. The van der Waals surface area contributed by atoms with Crippen LogP contribution in [0.3, 0.4) is 0 Å². The van der Waals surface area contributed by atoms with Crippen molar-refractivity contribution in [1.29, 1.82) is 0 Å². The first-order chi connectivity index (χ1) is 12.5. The van der Waals surface area contributed by atoms with Gasteiger partial charge in [0.1, 0.15) is 5.01 Å². The van der Waals surface area contributed by atoms with Crippen molar-refractivity contribution in [2.45, 2.75) is 6.92 Å². The number of hydrogen-bond donors (Lipinski definition) is 1. The molecule has 26 heavy (non-hydrogen) atoms. The average Bonchev–Trinajstić information content (AvgIpc) is 3.14. The average molecular weight is 387 g/mol. The Balaban J connectivity index is 1.58. The van der Waals surface area contributed by atoms with E-state index in [0.717, 1.165) is 16.1 Å². The van der Waals surface area contributed by atoms with Crippen LogP contribution in [0, 0.1) is 6.92 Å². The molecule has 1 amide bonds. The second-order valence-electron chi connectivity index (χ2n) is 5.49. The Kier molecular flexibility index (Phi) is 5.65. The molecule has 3 aromatic rings. The number of ether oxygens (including phenoxy) is 1. The van der Waals surface area contributed by atoms with E-state index in [1.807, 2.05) is 37.3 Å². The van der Waals surface area contributed by atoms with Crippen LogP contribution in [0.5, 0.6) is 0 Å². The first-order valence-electron chi connectivity index (χ1n) is 7.77. The molecule has 0 aliphatic rings. The highest BCUT2D eigenvalue weighted by molar-refractivity contribution is 7.13. The number of hydrogen-bond acceptors (Lipinski definition) is 5. The molecule has 0 spiro atoms. The zero-order chi connectivity index (χ0) is 18.5. The van der Waals surface area contributed by atoms with Crippen molar-refractivity contribution in [1.82, 2.24) is 4.98 Å². The van der Waals surface area contributed by atoms with E-state index in [2.05, 4.69) is 10.3 Å². The van der Waals surface area contributed by atoms with Crippen LogP contribution in [0.15, 0.2) is 53.9 Å². The lowest BCUT2D eigenvalue weighted by atomic mass is 10.2. The molecule has 3 rings (SSSR count). The number of aromatic nitrogens is 1. The van der Waals surface area contributed by atoms with Crippen LogP contribution in [0.4, 0.5) is 5.69 Å². The van der Waals surface area contributed by atoms with Gasteiger partial charge in [0, 0.05) is 21.7 Å². The number of thiazole rings is 1. The fourth-order valence-electron chi connectivity index (χ4n) is 2.20. The Morgan fingerprint density at radius 2 is 1.96 bits per heavy atom. The van der Waals surface area contributed by atoms with E-state index >= 15 is 0 Å². The number of anilines is 1. The summed E-state index contributed by atoms with van der Waals surface area (Å²) in [5.41, 5.74) is 2.55. The number of esters is 1. The Bertz CT molecular complexity index is 941. The van der Waals surface area contributed by atoms with Crippen molar-refractivity contribution in [2.75, 3.05) is 11.9 Å². The molecule has 0 saturated heterocycles. The van der Waals surface area contributed by atoms with Gasteiger partial charge in [-0.25, -0.2) is 9.78 Å². The minimum atomic E-state index is -0.638. The maximum absolute atomic E-state index is 12.1. The van der Waals surface area contributed by atoms with Crippen LogP contribution in [0.1, 0.15) is 16.1 Å². The Morgan fingerprint density at radius 3 is 2.73 bits per heavy atom. The highest BCUT2D eigenvalue weighted by Gasteiger charge is 2.15. The molecule has 5 nitrogen and oxygen atoms in total. The van der Waals surface area contributed by atoms with Crippen molar-refractivity contribution >= 4 is 40.5 Å². The fraction of sp³-hybridized carbons (Fsp3) is 0.105. The zero-order valence-corrected chi connectivity index (χ0v) is 15.4. The molecule has 0 aliphatic heterocycles. The number of rotatable bonds is 5. The first-order valence-corrected chi connectivity index (χ1v) is 9.03. The van der Waals surface area contributed by atoms with E-state index in [0.29, 0.717) is 10.7 Å². The van der Waals surface area contributed by atoms with Crippen LogP contribution in [0.25, 0.3) is 10.6 Å². The molecule has 132 valence electrons. The number of nitrogens with zero attached hydrogens (tertiary/aromatic N) is 1. The zero-order valence-electron chi connectivity index (χ0n) is 13.9. The molecule has 0 unspecified atom stereocenters. The second kappa shape index (κ2) is 8.12. The number of halogens is 1. The molecule has 0 fully saturated rings. The first kappa shape index (κ1) is 18.1. The molecule has 0 saturated carbocycles. The molecule has 0 radical (unpaired) electrons.